The van der Waals surface area contributed by atoms with Gasteiger partial charge in [0, 0.05) is 37.3 Å². The monoisotopic (exact) mass is 470 g/mol. The molecule has 1 N–H and O–H groups in total. The Bertz CT molecular complexity index is 1390. The SMILES string of the molecule is COc1cc(C2Nc3ccc4ccccc4c3C3=C2C(=O)CC(C)(C)C3)ccc1OC(=O)N(C)C. The van der Waals surface area contributed by atoms with Gasteiger partial charge in [0.15, 0.2) is 17.3 Å². The molecule has 180 valence electrons. The van der Waals surface area contributed by atoms with Gasteiger partial charge in [-0.15, -0.1) is 0 Å². The summed E-state index contributed by atoms with van der Waals surface area (Å²) in [4.78, 5) is 27.1. The number of ether oxygens (including phenoxy) is 2. The van der Waals surface area contributed by atoms with Crippen molar-refractivity contribution in [3.05, 3.63) is 71.3 Å². The summed E-state index contributed by atoms with van der Waals surface area (Å²) in [6.07, 6.45) is 0.838. The third-order valence-electron chi connectivity index (χ3n) is 6.82. The molecule has 35 heavy (non-hydrogen) atoms. The van der Waals surface area contributed by atoms with E-state index in [1.807, 2.05) is 24.3 Å². The number of ketones is 1. The third kappa shape index (κ3) is 4.03. The molecule has 0 aromatic heterocycles. The summed E-state index contributed by atoms with van der Waals surface area (Å²) in [6, 6.07) is 17.7. The molecule has 2 aliphatic rings. The molecule has 6 nitrogen and oxygen atoms in total. The number of hydrogen-bond donors (Lipinski definition) is 1. The second-order valence-corrected chi connectivity index (χ2v) is 10.3. The van der Waals surface area contributed by atoms with Crippen LogP contribution in [-0.4, -0.2) is 38.0 Å². The molecule has 1 unspecified atom stereocenters. The minimum Gasteiger partial charge on any atom is -0.493 e. The maximum absolute atomic E-state index is 13.6. The van der Waals surface area contributed by atoms with Crippen LogP contribution in [0.25, 0.3) is 16.3 Å². The fraction of sp³-hybridized carbons (Fsp3) is 0.310. The number of allylic oxidation sites excluding steroid dienone is 1. The molecule has 0 fully saturated rings. The summed E-state index contributed by atoms with van der Waals surface area (Å²) in [5.41, 5.74) is 4.83. The Kier molecular flexibility index (Phi) is 5.55. The van der Waals surface area contributed by atoms with E-state index in [0.717, 1.165) is 45.2 Å². The van der Waals surface area contributed by atoms with Gasteiger partial charge in [-0.25, -0.2) is 4.79 Å². The van der Waals surface area contributed by atoms with Crippen molar-refractivity contribution < 1.29 is 19.1 Å². The smallest absolute Gasteiger partial charge is 0.414 e. The van der Waals surface area contributed by atoms with Crippen LogP contribution < -0.4 is 14.8 Å². The maximum atomic E-state index is 13.6. The summed E-state index contributed by atoms with van der Waals surface area (Å²) >= 11 is 0. The van der Waals surface area contributed by atoms with Crippen LogP contribution >= 0.6 is 0 Å². The van der Waals surface area contributed by atoms with Crippen LogP contribution in [0.2, 0.25) is 0 Å². The summed E-state index contributed by atoms with van der Waals surface area (Å²) in [6.45, 7) is 4.32. The molecule has 1 aliphatic heterocycles. The van der Waals surface area contributed by atoms with Crippen molar-refractivity contribution in [2.24, 2.45) is 5.41 Å². The molecule has 0 saturated carbocycles. The quantitative estimate of drug-likeness (QED) is 0.492. The topological polar surface area (TPSA) is 67.9 Å². The second-order valence-electron chi connectivity index (χ2n) is 10.3. The van der Waals surface area contributed by atoms with E-state index in [0.29, 0.717) is 17.9 Å². The van der Waals surface area contributed by atoms with Crippen LogP contribution in [0.3, 0.4) is 0 Å². The van der Waals surface area contributed by atoms with E-state index < -0.39 is 6.09 Å². The van der Waals surface area contributed by atoms with Crippen molar-refractivity contribution in [1.82, 2.24) is 4.90 Å². The summed E-state index contributed by atoms with van der Waals surface area (Å²) in [5.74, 6) is 0.937. The number of methoxy groups -OCH3 is 1. The van der Waals surface area contributed by atoms with E-state index in [1.54, 1.807) is 27.3 Å². The van der Waals surface area contributed by atoms with Gasteiger partial charge in [0.05, 0.1) is 13.2 Å². The number of Topliss-reactive ketones (excluding diaryl/α,β-unsaturated/α-hetero) is 1. The highest BCUT2D eigenvalue weighted by Crippen LogP contribution is 2.52. The Morgan fingerprint density at radius 1 is 1.03 bits per heavy atom. The standard InChI is InChI=1S/C29H30N2O4/c1-29(2)15-20-25-19-9-7-6-8-17(19)10-12-21(25)30-27(26(20)22(32)16-29)18-11-13-23(24(14-18)34-5)35-28(33)31(3)4/h6-14,27,30H,15-16H2,1-5H3. The molecule has 0 bridgehead atoms. The molecule has 0 spiro atoms. The Hall–Kier alpha value is -3.80. The fourth-order valence-electron chi connectivity index (χ4n) is 5.22. The fourth-order valence-corrected chi connectivity index (χ4v) is 5.22. The normalized spacial score (nSPS) is 18.4. The lowest BCUT2D eigenvalue weighted by molar-refractivity contribution is -0.118. The van der Waals surface area contributed by atoms with Crippen molar-refractivity contribution in [2.75, 3.05) is 26.5 Å². The second kappa shape index (κ2) is 8.45. The number of rotatable bonds is 3. The Labute approximate surface area is 205 Å². The van der Waals surface area contributed by atoms with Gasteiger partial charge in [-0.05, 0) is 51.9 Å². The van der Waals surface area contributed by atoms with E-state index >= 15 is 0 Å². The molecule has 3 aromatic carbocycles. The van der Waals surface area contributed by atoms with Gasteiger partial charge in [0.1, 0.15) is 0 Å². The number of carbonyl (C=O) groups is 2. The van der Waals surface area contributed by atoms with Gasteiger partial charge >= 0.3 is 6.09 Å². The molecule has 1 aliphatic carbocycles. The highest BCUT2D eigenvalue weighted by molar-refractivity contribution is 6.12. The summed E-state index contributed by atoms with van der Waals surface area (Å²) < 4.78 is 11.0. The lowest BCUT2D eigenvalue weighted by atomic mass is 9.68. The Balaban J connectivity index is 1.66. The van der Waals surface area contributed by atoms with Crippen LogP contribution in [0.4, 0.5) is 10.5 Å². The van der Waals surface area contributed by atoms with Gasteiger partial charge in [-0.2, -0.15) is 0 Å². The van der Waals surface area contributed by atoms with Crippen LogP contribution in [0, 0.1) is 5.41 Å². The van der Waals surface area contributed by atoms with Gasteiger partial charge in [-0.3, -0.25) is 4.79 Å². The number of anilines is 1. The van der Waals surface area contributed by atoms with Gasteiger partial charge in [0.25, 0.3) is 0 Å². The summed E-state index contributed by atoms with van der Waals surface area (Å²) in [5, 5.41) is 5.95. The van der Waals surface area contributed by atoms with E-state index in [-0.39, 0.29) is 17.2 Å². The van der Waals surface area contributed by atoms with E-state index in [4.69, 9.17) is 9.47 Å². The van der Waals surface area contributed by atoms with Crippen molar-refractivity contribution >= 4 is 33.9 Å². The van der Waals surface area contributed by atoms with Crippen molar-refractivity contribution in [2.45, 2.75) is 32.7 Å². The average Bonchev–Trinajstić information content (AvgIpc) is 2.82. The molecule has 5 rings (SSSR count). The molecular formula is C29H30N2O4. The summed E-state index contributed by atoms with van der Waals surface area (Å²) in [7, 11) is 4.79. The number of carbonyl (C=O) groups excluding carboxylic acids is 2. The number of fused-ring (bicyclic) bond motifs is 4. The largest absolute Gasteiger partial charge is 0.493 e. The predicted molar refractivity (Wildman–Crippen MR) is 138 cm³/mol. The van der Waals surface area contributed by atoms with Crippen molar-refractivity contribution in [1.29, 1.82) is 0 Å². The van der Waals surface area contributed by atoms with Gasteiger partial charge in [0.2, 0.25) is 0 Å². The molecule has 1 atom stereocenters. The number of hydrogen-bond acceptors (Lipinski definition) is 5. The van der Waals surface area contributed by atoms with Crippen LogP contribution in [0.15, 0.2) is 60.2 Å². The van der Waals surface area contributed by atoms with Gasteiger partial charge in [-0.1, -0.05) is 50.2 Å². The lowest BCUT2D eigenvalue weighted by Gasteiger charge is -2.40. The van der Waals surface area contributed by atoms with Crippen molar-refractivity contribution in [3.63, 3.8) is 0 Å². The molecule has 0 saturated heterocycles. The van der Waals surface area contributed by atoms with E-state index in [2.05, 4.69) is 43.4 Å². The Morgan fingerprint density at radius 2 is 1.80 bits per heavy atom. The first-order chi connectivity index (χ1) is 16.7. The van der Waals surface area contributed by atoms with Crippen molar-refractivity contribution in [3.8, 4) is 11.5 Å². The lowest BCUT2D eigenvalue weighted by Crippen LogP contribution is -2.33. The zero-order valence-electron chi connectivity index (χ0n) is 20.8. The first-order valence-electron chi connectivity index (χ1n) is 11.8. The van der Waals surface area contributed by atoms with E-state index in [9.17, 15) is 9.59 Å². The molecule has 6 heteroatoms. The Morgan fingerprint density at radius 3 is 2.54 bits per heavy atom. The predicted octanol–water partition coefficient (Wildman–Crippen LogP) is 6.22. The van der Waals surface area contributed by atoms with E-state index in [1.165, 1.54) is 4.90 Å². The zero-order valence-corrected chi connectivity index (χ0v) is 20.8. The molecule has 3 aromatic rings. The average molecular weight is 471 g/mol. The van der Waals surface area contributed by atoms with Crippen LogP contribution in [-0.2, 0) is 4.79 Å². The minimum absolute atomic E-state index is 0.117. The molecular weight excluding hydrogens is 440 g/mol. The highest BCUT2D eigenvalue weighted by atomic mass is 16.6. The first kappa shape index (κ1) is 23.0. The zero-order chi connectivity index (χ0) is 24.9. The van der Waals surface area contributed by atoms with Gasteiger partial charge < -0.3 is 19.7 Å². The minimum atomic E-state index is -0.484. The van der Waals surface area contributed by atoms with Crippen LogP contribution in [0.1, 0.15) is 43.9 Å². The van der Waals surface area contributed by atoms with Crippen LogP contribution in [0.5, 0.6) is 11.5 Å². The number of benzene rings is 3. The maximum Gasteiger partial charge on any atom is 0.414 e. The molecule has 1 amide bonds. The number of nitrogens with one attached hydrogen (secondary N) is 1. The number of amides is 1. The third-order valence-corrected chi connectivity index (χ3v) is 6.82. The highest BCUT2D eigenvalue weighted by Gasteiger charge is 2.41. The first-order valence-corrected chi connectivity index (χ1v) is 11.8. The number of nitrogens with zero attached hydrogens (tertiary/aromatic N) is 1. The molecule has 1 heterocycles. The molecule has 0 radical (unpaired) electrons.